The van der Waals surface area contributed by atoms with E-state index in [0.717, 1.165) is 12.0 Å². The first-order valence-corrected chi connectivity index (χ1v) is 8.32. The van der Waals surface area contributed by atoms with E-state index in [2.05, 4.69) is 53.6 Å². The topological polar surface area (TPSA) is 68.0 Å². The quantitative estimate of drug-likeness (QED) is 0.784. The van der Waals surface area contributed by atoms with Crippen LogP contribution in [-0.2, 0) is 11.2 Å². The highest BCUT2D eigenvalue weighted by molar-refractivity contribution is 7.99. The smallest absolute Gasteiger partial charge is 0.322 e. The van der Waals surface area contributed by atoms with E-state index < -0.39 is 0 Å². The Kier molecular flexibility index (Phi) is 6.00. The van der Waals surface area contributed by atoms with Crippen molar-refractivity contribution < 1.29 is 9.21 Å². The average Bonchev–Trinajstić information content (AvgIpc) is 2.88. The third-order valence-corrected chi connectivity index (χ3v) is 3.86. The summed E-state index contributed by atoms with van der Waals surface area (Å²) in [6.45, 7) is 6.29. The van der Waals surface area contributed by atoms with E-state index in [9.17, 15) is 4.79 Å². The van der Waals surface area contributed by atoms with Crippen molar-refractivity contribution in [2.24, 2.45) is 0 Å². The number of carbonyl (C=O) groups excluding carboxylic acids is 1. The van der Waals surface area contributed by atoms with Crippen molar-refractivity contribution in [2.45, 2.75) is 50.2 Å². The molecule has 2 aromatic rings. The van der Waals surface area contributed by atoms with Gasteiger partial charge in [0, 0.05) is 16.6 Å². The fraction of sp³-hybridized carbons (Fsp3) is 0.438. The predicted molar refractivity (Wildman–Crippen MR) is 88.1 cm³/mol. The van der Waals surface area contributed by atoms with Crippen molar-refractivity contribution in [1.29, 1.82) is 0 Å². The number of nitrogens with one attached hydrogen (secondary N) is 1. The molecule has 0 aliphatic carbocycles. The molecule has 0 aliphatic heterocycles. The van der Waals surface area contributed by atoms with Crippen molar-refractivity contribution in [1.82, 2.24) is 10.2 Å². The van der Waals surface area contributed by atoms with Crippen molar-refractivity contribution >= 4 is 23.7 Å². The number of aromatic nitrogens is 2. The maximum atomic E-state index is 11.5. The number of hydrogen-bond acceptors (Lipinski definition) is 5. The van der Waals surface area contributed by atoms with Gasteiger partial charge in [-0.2, -0.15) is 0 Å². The Balaban J connectivity index is 1.93. The molecule has 0 atom stereocenters. The van der Waals surface area contributed by atoms with Crippen molar-refractivity contribution in [3.05, 3.63) is 35.7 Å². The highest BCUT2D eigenvalue weighted by Crippen LogP contribution is 2.23. The molecule has 22 heavy (non-hydrogen) atoms. The standard InChI is InChI=1S/C16H21N3O2S/c1-4-5-14(20)17-16-19-18-15(21-16)10-12-6-8-13(9-7-12)22-11(2)3/h6-9,11H,4-5,10H2,1-3H3,(H,17,19,20). The summed E-state index contributed by atoms with van der Waals surface area (Å²) in [6.07, 6.45) is 1.80. The van der Waals surface area contributed by atoms with E-state index in [1.54, 1.807) is 0 Å². The minimum Gasteiger partial charge on any atom is -0.407 e. The SMILES string of the molecule is CCCC(=O)Nc1nnc(Cc2ccc(SC(C)C)cc2)o1. The lowest BCUT2D eigenvalue weighted by Crippen LogP contribution is -2.10. The van der Waals surface area contributed by atoms with E-state index in [1.165, 1.54) is 4.90 Å². The predicted octanol–water partition coefficient (Wildman–Crippen LogP) is 3.90. The first kappa shape index (κ1) is 16.5. The Morgan fingerprint density at radius 3 is 2.64 bits per heavy atom. The second-order valence-corrected chi connectivity index (χ2v) is 6.94. The lowest BCUT2D eigenvalue weighted by Gasteiger charge is -2.05. The van der Waals surface area contributed by atoms with Crippen LogP contribution < -0.4 is 5.32 Å². The fourth-order valence-electron chi connectivity index (χ4n) is 1.92. The van der Waals surface area contributed by atoms with Crippen LogP contribution in [0.3, 0.4) is 0 Å². The number of carbonyl (C=O) groups is 1. The minimum atomic E-state index is -0.104. The molecular weight excluding hydrogens is 298 g/mol. The van der Waals surface area contributed by atoms with Gasteiger partial charge in [-0.3, -0.25) is 10.1 Å². The Labute approximate surface area is 134 Å². The Bertz CT molecular complexity index is 608. The zero-order chi connectivity index (χ0) is 15.9. The number of thioether (sulfide) groups is 1. The largest absolute Gasteiger partial charge is 0.407 e. The first-order chi connectivity index (χ1) is 10.6. The van der Waals surface area contributed by atoms with Crippen LogP contribution in [0.4, 0.5) is 6.01 Å². The molecule has 0 aliphatic rings. The van der Waals surface area contributed by atoms with Crippen LogP contribution in [0, 0.1) is 0 Å². The fourth-order valence-corrected chi connectivity index (χ4v) is 2.75. The van der Waals surface area contributed by atoms with Gasteiger partial charge in [-0.15, -0.1) is 16.9 Å². The van der Waals surface area contributed by atoms with Crippen molar-refractivity contribution in [2.75, 3.05) is 5.32 Å². The Hall–Kier alpha value is -1.82. The van der Waals surface area contributed by atoms with Crippen LogP contribution in [-0.4, -0.2) is 21.4 Å². The van der Waals surface area contributed by atoms with Gasteiger partial charge in [0.15, 0.2) is 0 Å². The highest BCUT2D eigenvalue weighted by Gasteiger charge is 2.10. The molecule has 0 spiro atoms. The van der Waals surface area contributed by atoms with Gasteiger partial charge in [0.2, 0.25) is 11.8 Å². The van der Waals surface area contributed by atoms with E-state index in [4.69, 9.17) is 4.42 Å². The molecule has 2 rings (SSSR count). The molecule has 1 heterocycles. The summed E-state index contributed by atoms with van der Waals surface area (Å²) in [6, 6.07) is 8.48. The molecule has 6 heteroatoms. The summed E-state index contributed by atoms with van der Waals surface area (Å²) < 4.78 is 5.44. The van der Waals surface area contributed by atoms with Crippen molar-refractivity contribution in [3.63, 3.8) is 0 Å². The highest BCUT2D eigenvalue weighted by atomic mass is 32.2. The van der Waals surface area contributed by atoms with E-state index in [1.807, 2.05) is 18.7 Å². The molecule has 5 nitrogen and oxygen atoms in total. The normalized spacial score (nSPS) is 10.9. The van der Waals surface area contributed by atoms with Crippen LogP contribution in [0.5, 0.6) is 0 Å². The van der Waals surface area contributed by atoms with Gasteiger partial charge in [-0.05, 0) is 24.1 Å². The monoisotopic (exact) mass is 319 g/mol. The summed E-state index contributed by atoms with van der Waals surface area (Å²) in [5, 5.41) is 11.0. The Morgan fingerprint density at radius 2 is 2.00 bits per heavy atom. The van der Waals surface area contributed by atoms with E-state index in [-0.39, 0.29) is 11.9 Å². The lowest BCUT2D eigenvalue weighted by atomic mass is 10.1. The van der Waals surface area contributed by atoms with Gasteiger partial charge in [0.05, 0.1) is 6.42 Å². The molecule has 0 saturated carbocycles. The molecular formula is C16H21N3O2S. The van der Waals surface area contributed by atoms with Crippen LogP contribution in [0.2, 0.25) is 0 Å². The molecule has 1 N–H and O–H groups in total. The second-order valence-electron chi connectivity index (χ2n) is 5.29. The van der Waals surface area contributed by atoms with E-state index in [0.29, 0.717) is 24.0 Å². The number of rotatable bonds is 7. The Morgan fingerprint density at radius 1 is 1.27 bits per heavy atom. The molecule has 0 unspecified atom stereocenters. The summed E-state index contributed by atoms with van der Waals surface area (Å²) in [5.41, 5.74) is 1.10. The second kappa shape index (κ2) is 7.98. The van der Waals surface area contributed by atoms with Crippen LogP contribution in [0.1, 0.15) is 45.1 Å². The summed E-state index contributed by atoms with van der Waals surface area (Å²) in [5.74, 6) is 0.392. The average molecular weight is 319 g/mol. The zero-order valence-corrected chi connectivity index (χ0v) is 13.9. The molecule has 0 bridgehead atoms. The molecule has 118 valence electrons. The number of benzene rings is 1. The number of nitrogens with zero attached hydrogens (tertiary/aromatic N) is 2. The zero-order valence-electron chi connectivity index (χ0n) is 13.1. The van der Waals surface area contributed by atoms with Gasteiger partial charge < -0.3 is 4.42 Å². The third kappa shape index (κ3) is 5.18. The number of hydrogen-bond donors (Lipinski definition) is 1. The van der Waals surface area contributed by atoms with Crippen LogP contribution in [0.25, 0.3) is 0 Å². The maximum absolute atomic E-state index is 11.5. The third-order valence-electron chi connectivity index (χ3n) is 2.84. The molecule has 1 aromatic heterocycles. The molecule has 0 radical (unpaired) electrons. The maximum Gasteiger partial charge on any atom is 0.322 e. The van der Waals surface area contributed by atoms with Crippen LogP contribution >= 0.6 is 11.8 Å². The molecule has 1 amide bonds. The minimum absolute atomic E-state index is 0.104. The molecule has 0 saturated heterocycles. The lowest BCUT2D eigenvalue weighted by molar-refractivity contribution is -0.116. The molecule has 1 aromatic carbocycles. The summed E-state index contributed by atoms with van der Waals surface area (Å²) >= 11 is 1.83. The van der Waals surface area contributed by atoms with Gasteiger partial charge in [-0.25, -0.2) is 0 Å². The van der Waals surface area contributed by atoms with Crippen molar-refractivity contribution in [3.8, 4) is 0 Å². The first-order valence-electron chi connectivity index (χ1n) is 7.44. The number of amides is 1. The van der Waals surface area contributed by atoms with Crippen LogP contribution in [0.15, 0.2) is 33.6 Å². The summed E-state index contributed by atoms with van der Waals surface area (Å²) in [4.78, 5) is 12.7. The van der Waals surface area contributed by atoms with Gasteiger partial charge in [0.1, 0.15) is 0 Å². The van der Waals surface area contributed by atoms with Gasteiger partial charge in [0.25, 0.3) is 0 Å². The van der Waals surface area contributed by atoms with Gasteiger partial charge >= 0.3 is 6.01 Å². The number of anilines is 1. The van der Waals surface area contributed by atoms with Gasteiger partial charge in [-0.1, -0.05) is 38.0 Å². The summed E-state index contributed by atoms with van der Waals surface area (Å²) in [7, 11) is 0. The molecule has 0 fully saturated rings. The van der Waals surface area contributed by atoms with E-state index >= 15 is 0 Å².